The van der Waals surface area contributed by atoms with Crippen molar-refractivity contribution in [1.29, 1.82) is 0 Å². The lowest BCUT2D eigenvalue weighted by Gasteiger charge is -2.20. The molecule has 0 aliphatic carbocycles. The number of halogens is 3. The Bertz CT molecular complexity index is 1220. The van der Waals surface area contributed by atoms with Crippen molar-refractivity contribution in [2.45, 2.75) is 17.4 Å². The molecule has 0 fully saturated rings. The largest absolute Gasteiger partial charge is 0.495 e. The predicted molar refractivity (Wildman–Crippen MR) is 127 cm³/mol. The van der Waals surface area contributed by atoms with Gasteiger partial charge in [0.1, 0.15) is 16.7 Å². The van der Waals surface area contributed by atoms with E-state index in [0.717, 1.165) is 5.56 Å². The molecule has 0 heterocycles. The highest BCUT2D eigenvalue weighted by molar-refractivity contribution is 7.89. The third-order valence-electron chi connectivity index (χ3n) is 4.52. The van der Waals surface area contributed by atoms with Crippen molar-refractivity contribution < 1.29 is 17.9 Å². The Morgan fingerprint density at radius 1 is 1.00 bits per heavy atom. The molecule has 10 heteroatoms. The maximum Gasteiger partial charge on any atom is 0.245 e. The summed E-state index contributed by atoms with van der Waals surface area (Å²) in [5, 5.41) is 3.27. The van der Waals surface area contributed by atoms with Crippen LogP contribution in [0.2, 0.25) is 15.1 Å². The molecule has 3 aromatic carbocycles. The van der Waals surface area contributed by atoms with E-state index in [1.807, 2.05) is 6.07 Å². The molecule has 0 saturated carbocycles. The number of amides is 1. The molecule has 3 rings (SSSR count). The normalized spacial score (nSPS) is 12.2. The van der Waals surface area contributed by atoms with E-state index in [4.69, 9.17) is 39.5 Å². The van der Waals surface area contributed by atoms with Gasteiger partial charge in [-0.15, -0.1) is 0 Å². The summed E-state index contributed by atoms with van der Waals surface area (Å²) < 4.78 is 34.0. The monoisotopic (exact) mass is 512 g/mol. The smallest absolute Gasteiger partial charge is 0.245 e. The van der Waals surface area contributed by atoms with E-state index in [2.05, 4.69) is 10.0 Å². The Labute approximate surface area is 201 Å². The maximum absolute atomic E-state index is 13.2. The Morgan fingerprint density at radius 2 is 1.72 bits per heavy atom. The number of hydrogen-bond acceptors (Lipinski definition) is 4. The fourth-order valence-corrected chi connectivity index (χ4v) is 4.94. The second-order valence-corrected chi connectivity index (χ2v) is 9.65. The number of sulfonamides is 1. The minimum absolute atomic E-state index is 0.0902. The first-order valence-electron chi connectivity index (χ1n) is 9.36. The van der Waals surface area contributed by atoms with E-state index in [-0.39, 0.29) is 37.8 Å². The molecule has 0 unspecified atom stereocenters. The molecule has 0 aliphatic rings. The van der Waals surface area contributed by atoms with Gasteiger partial charge in [-0.3, -0.25) is 4.79 Å². The molecule has 3 aromatic rings. The number of hydrogen-bond donors (Lipinski definition) is 2. The van der Waals surface area contributed by atoms with Crippen LogP contribution in [0.3, 0.4) is 0 Å². The van der Waals surface area contributed by atoms with Gasteiger partial charge in [-0.2, -0.15) is 4.72 Å². The summed E-state index contributed by atoms with van der Waals surface area (Å²) >= 11 is 18.2. The summed E-state index contributed by atoms with van der Waals surface area (Å²) in [5.41, 5.74) is 1.02. The Hall–Kier alpha value is -2.29. The average molecular weight is 514 g/mol. The Balaban J connectivity index is 1.95. The van der Waals surface area contributed by atoms with Crippen LogP contribution < -0.4 is 14.8 Å². The summed E-state index contributed by atoms with van der Waals surface area (Å²) in [4.78, 5) is 12.9. The quantitative estimate of drug-likeness (QED) is 0.434. The van der Waals surface area contributed by atoms with Crippen molar-refractivity contribution in [2.75, 3.05) is 12.4 Å². The fourth-order valence-electron chi connectivity index (χ4n) is 2.97. The SMILES string of the molecule is COc1ccc(Cl)cc1S(=O)(=O)N[C@H](Cc1ccccc1)C(=O)Nc1cccc(Cl)c1Cl. The lowest BCUT2D eigenvalue weighted by atomic mass is 10.1. The lowest BCUT2D eigenvalue weighted by Crippen LogP contribution is -2.45. The van der Waals surface area contributed by atoms with Crippen LogP contribution in [0.1, 0.15) is 5.56 Å². The van der Waals surface area contributed by atoms with Gasteiger partial charge in [0.25, 0.3) is 0 Å². The highest BCUT2D eigenvalue weighted by Gasteiger charge is 2.29. The molecule has 0 aliphatic heterocycles. The molecular formula is C22H19Cl3N2O4S. The molecule has 0 radical (unpaired) electrons. The number of nitrogens with one attached hydrogen (secondary N) is 2. The van der Waals surface area contributed by atoms with Gasteiger partial charge in [0.05, 0.1) is 22.8 Å². The number of rotatable bonds is 8. The predicted octanol–water partition coefficient (Wildman–Crippen LogP) is 5.18. The van der Waals surface area contributed by atoms with Crippen molar-refractivity contribution in [3.8, 4) is 5.75 Å². The molecule has 2 N–H and O–H groups in total. The van der Waals surface area contributed by atoms with Gasteiger partial charge in [-0.05, 0) is 42.3 Å². The van der Waals surface area contributed by atoms with Crippen LogP contribution in [0.25, 0.3) is 0 Å². The van der Waals surface area contributed by atoms with E-state index in [1.165, 1.54) is 25.3 Å². The lowest BCUT2D eigenvalue weighted by molar-refractivity contribution is -0.117. The fraction of sp³-hybridized carbons (Fsp3) is 0.136. The van der Waals surface area contributed by atoms with Gasteiger partial charge in [-0.1, -0.05) is 71.2 Å². The first-order valence-corrected chi connectivity index (χ1v) is 12.0. The van der Waals surface area contributed by atoms with Crippen LogP contribution in [-0.4, -0.2) is 27.5 Å². The minimum atomic E-state index is -4.18. The zero-order valence-corrected chi connectivity index (χ0v) is 19.9. The summed E-state index contributed by atoms with van der Waals surface area (Å²) in [7, 11) is -2.83. The summed E-state index contributed by atoms with van der Waals surface area (Å²) in [6, 6.07) is 16.8. The van der Waals surface area contributed by atoms with Gasteiger partial charge >= 0.3 is 0 Å². The van der Waals surface area contributed by atoms with E-state index >= 15 is 0 Å². The maximum atomic E-state index is 13.2. The molecule has 0 aromatic heterocycles. The van der Waals surface area contributed by atoms with Crippen LogP contribution in [0, 0.1) is 0 Å². The minimum Gasteiger partial charge on any atom is -0.495 e. The number of anilines is 1. The molecule has 0 spiro atoms. The molecule has 1 amide bonds. The van der Waals surface area contributed by atoms with Gasteiger partial charge < -0.3 is 10.1 Å². The highest BCUT2D eigenvalue weighted by atomic mass is 35.5. The summed E-state index contributed by atoms with van der Waals surface area (Å²) in [5.74, 6) is -0.513. The molecule has 0 bridgehead atoms. The van der Waals surface area contributed by atoms with Crippen molar-refractivity contribution in [3.05, 3.63) is 87.4 Å². The van der Waals surface area contributed by atoms with E-state index < -0.39 is 22.0 Å². The Kier molecular flexibility index (Phi) is 8.03. The first-order chi connectivity index (χ1) is 15.2. The molecule has 32 heavy (non-hydrogen) atoms. The van der Waals surface area contributed by atoms with Crippen molar-refractivity contribution in [2.24, 2.45) is 0 Å². The van der Waals surface area contributed by atoms with Gasteiger partial charge in [0.2, 0.25) is 15.9 Å². The second-order valence-electron chi connectivity index (χ2n) is 6.75. The van der Waals surface area contributed by atoms with Crippen molar-refractivity contribution in [1.82, 2.24) is 4.72 Å². The molecule has 168 valence electrons. The molecule has 0 saturated heterocycles. The van der Waals surface area contributed by atoms with Crippen LogP contribution in [0.15, 0.2) is 71.6 Å². The number of ether oxygens (including phenoxy) is 1. The van der Waals surface area contributed by atoms with Gasteiger partial charge in [-0.25, -0.2) is 8.42 Å². The van der Waals surface area contributed by atoms with Gasteiger partial charge in [0, 0.05) is 5.02 Å². The van der Waals surface area contributed by atoms with Crippen LogP contribution >= 0.6 is 34.8 Å². The second kappa shape index (κ2) is 10.6. The van der Waals surface area contributed by atoms with E-state index in [1.54, 1.807) is 42.5 Å². The number of carbonyl (C=O) groups is 1. The Morgan fingerprint density at radius 3 is 2.41 bits per heavy atom. The molecule has 1 atom stereocenters. The van der Waals surface area contributed by atoms with Crippen molar-refractivity contribution in [3.63, 3.8) is 0 Å². The molecular weight excluding hydrogens is 495 g/mol. The summed E-state index contributed by atoms with van der Waals surface area (Å²) in [6.07, 6.45) is 0.0902. The molecule has 6 nitrogen and oxygen atoms in total. The average Bonchev–Trinajstić information content (AvgIpc) is 2.77. The zero-order chi connectivity index (χ0) is 23.3. The van der Waals surface area contributed by atoms with Crippen LogP contribution in [0.5, 0.6) is 5.75 Å². The van der Waals surface area contributed by atoms with Crippen LogP contribution in [-0.2, 0) is 21.2 Å². The van der Waals surface area contributed by atoms with Gasteiger partial charge in [0.15, 0.2) is 0 Å². The van der Waals surface area contributed by atoms with Crippen LogP contribution in [0.4, 0.5) is 5.69 Å². The van der Waals surface area contributed by atoms with E-state index in [0.29, 0.717) is 0 Å². The zero-order valence-electron chi connectivity index (χ0n) is 16.8. The number of carbonyl (C=O) groups excluding carboxylic acids is 1. The van der Waals surface area contributed by atoms with Crippen molar-refractivity contribution >= 4 is 56.4 Å². The summed E-state index contributed by atoms with van der Waals surface area (Å²) in [6.45, 7) is 0. The third-order valence-corrected chi connectivity index (χ3v) is 7.07. The standard InChI is InChI=1S/C22H19Cl3N2O4S/c1-31-19-11-10-15(23)13-20(19)32(29,30)27-18(12-14-6-3-2-4-7-14)22(28)26-17-9-5-8-16(24)21(17)25/h2-11,13,18,27H,12H2,1H3,(H,26,28)/t18-/m1/s1. The third kappa shape index (κ3) is 5.94. The topological polar surface area (TPSA) is 84.5 Å². The van der Waals surface area contributed by atoms with E-state index in [9.17, 15) is 13.2 Å². The first kappa shape index (κ1) is 24.4. The number of methoxy groups -OCH3 is 1. The number of benzene rings is 3. The highest BCUT2D eigenvalue weighted by Crippen LogP contribution is 2.30.